The topological polar surface area (TPSA) is 46.8 Å². The van der Waals surface area contributed by atoms with Crippen LogP contribution in [-0.4, -0.2) is 32.6 Å². The van der Waals surface area contributed by atoms with Crippen LogP contribution in [0.15, 0.2) is 36.5 Å². The number of imidazole rings is 1. The lowest BCUT2D eigenvalue weighted by molar-refractivity contribution is 0.387. The summed E-state index contributed by atoms with van der Waals surface area (Å²) in [5.41, 5.74) is 3.32. The van der Waals surface area contributed by atoms with E-state index in [0.29, 0.717) is 12.0 Å². The number of anilines is 1. The van der Waals surface area contributed by atoms with Gasteiger partial charge in [-0.05, 0) is 25.1 Å². The number of benzene rings is 1. The molecule has 0 aliphatic carbocycles. The van der Waals surface area contributed by atoms with E-state index in [4.69, 9.17) is 4.98 Å². The van der Waals surface area contributed by atoms with Crippen LogP contribution in [0.5, 0.6) is 0 Å². The van der Waals surface area contributed by atoms with Crippen LogP contribution in [0.1, 0.15) is 37.3 Å². The van der Waals surface area contributed by atoms with Gasteiger partial charge in [0.05, 0.1) is 17.1 Å². The van der Waals surface area contributed by atoms with Crippen LogP contribution in [0.2, 0.25) is 0 Å². The minimum absolute atomic E-state index is 0.409. The molecular weight excluding hydrogens is 286 g/mol. The first-order chi connectivity index (χ1) is 11.1. The van der Waals surface area contributed by atoms with Crippen molar-refractivity contribution in [2.24, 2.45) is 0 Å². The molecule has 3 heterocycles. The van der Waals surface area contributed by atoms with Gasteiger partial charge in [0.1, 0.15) is 5.82 Å². The van der Waals surface area contributed by atoms with E-state index in [1.54, 1.807) is 0 Å². The molecule has 0 radical (unpaired) electrons. The van der Waals surface area contributed by atoms with Crippen LogP contribution in [-0.2, 0) is 0 Å². The first-order valence-corrected chi connectivity index (χ1v) is 8.15. The Bertz CT molecular complexity index is 845. The second-order valence-electron chi connectivity index (χ2n) is 6.54. The van der Waals surface area contributed by atoms with Crippen LogP contribution in [0.3, 0.4) is 0 Å². The van der Waals surface area contributed by atoms with E-state index in [1.165, 1.54) is 11.3 Å². The van der Waals surface area contributed by atoms with Gasteiger partial charge in [-0.1, -0.05) is 26.0 Å². The molecule has 0 saturated carbocycles. The highest BCUT2D eigenvalue weighted by Crippen LogP contribution is 2.32. The number of nitrogens with zero attached hydrogens (tertiary/aromatic N) is 5. The normalized spacial score (nSPS) is 15.4. The fourth-order valence-corrected chi connectivity index (χ4v) is 3.22. The lowest BCUT2D eigenvalue weighted by atomic mass is 10.1. The summed E-state index contributed by atoms with van der Waals surface area (Å²) in [6.45, 7) is 8.28. The van der Waals surface area contributed by atoms with E-state index < -0.39 is 0 Å². The Morgan fingerprint density at radius 1 is 1.09 bits per heavy atom. The van der Waals surface area contributed by atoms with Crippen molar-refractivity contribution in [2.45, 2.75) is 32.7 Å². The zero-order valence-electron chi connectivity index (χ0n) is 13.8. The molecule has 1 fully saturated rings. The van der Waals surface area contributed by atoms with E-state index in [1.807, 2.05) is 19.2 Å². The predicted octanol–water partition coefficient (Wildman–Crippen LogP) is 3.32. The molecule has 0 amide bonds. The molecule has 1 aromatic carbocycles. The molecule has 0 bridgehead atoms. The first kappa shape index (κ1) is 14.2. The fourth-order valence-electron chi connectivity index (χ4n) is 3.22. The molecule has 3 aromatic rings. The van der Waals surface area contributed by atoms with Gasteiger partial charge in [0.2, 0.25) is 5.95 Å². The Balaban J connectivity index is 1.65. The van der Waals surface area contributed by atoms with E-state index in [2.05, 4.69) is 57.5 Å². The second-order valence-corrected chi connectivity index (χ2v) is 6.54. The standard InChI is InChI=1S/C18H21N5/c1-12(2)17-21-15-6-4-5-7-16(15)23(17)14-10-22(11-14)18-19-9-8-13(3)20-18/h4-9,12,14H,10-11H2,1-3H3. The molecule has 1 aliphatic rings. The highest BCUT2D eigenvalue weighted by Gasteiger charge is 2.33. The molecular formula is C18H21N5. The van der Waals surface area contributed by atoms with Gasteiger partial charge >= 0.3 is 0 Å². The van der Waals surface area contributed by atoms with Gasteiger partial charge in [0, 0.05) is 30.9 Å². The molecule has 2 aromatic heterocycles. The molecule has 1 saturated heterocycles. The highest BCUT2D eigenvalue weighted by atomic mass is 15.3. The van der Waals surface area contributed by atoms with Crippen LogP contribution in [0, 0.1) is 6.92 Å². The van der Waals surface area contributed by atoms with Gasteiger partial charge in [0.15, 0.2) is 0 Å². The molecule has 0 N–H and O–H groups in total. The minimum atomic E-state index is 0.409. The molecule has 0 spiro atoms. The number of rotatable bonds is 3. The average Bonchev–Trinajstić information content (AvgIpc) is 2.86. The van der Waals surface area contributed by atoms with Gasteiger partial charge in [-0.25, -0.2) is 15.0 Å². The van der Waals surface area contributed by atoms with Crippen molar-refractivity contribution in [1.29, 1.82) is 0 Å². The summed E-state index contributed by atoms with van der Waals surface area (Å²) in [5, 5.41) is 0. The Labute approximate surface area is 136 Å². The number of aryl methyl sites for hydroxylation is 1. The Morgan fingerprint density at radius 3 is 2.61 bits per heavy atom. The van der Waals surface area contributed by atoms with E-state index in [9.17, 15) is 0 Å². The zero-order chi connectivity index (χ0) is 16.0. The number of hydrogen-bond acceptors (Lipinski definition) is 4. The van der Waals surface area contributed by atoms with Gasteiger partial charge < -0.3 is 9.47 Å². The van der Waals surface area contributed by atoms with Crippen molar-refractivity contribution >= 4 is 17.0 Å². The van der Waals surface area contributed by atoms with Gasteiger partial charge in [-0.3, -0.25) is 0 Å². The molecule has 118 valence electrons. The van der Waals surface area contributed by atoms with E-state index >= 15 is 0 Å². The summed E-state index contributed by atoms with van der Waals surface area (Å²) in [4.78, 5) is 16.0. The summed E-state index contributed by atoms with van der Waals surface area (Å²) in [7, 11) is 0. The van der Waals surface area contributed by atoms with Gasteiger partial charge in [-0.15, -0.1) is 0 Å². The third-order valence-electron chi connectivity index (χ3n) is 4.43. The number of fused-ring (bicyclic) bond motifs is 1. The summed E-state index contributed by atoms with van der Waals surface area (Å²) in [6, 6.07) is 10.8. The number of aromatic nitrogens is 4. The zero-order valence-corrected chi connectivity index (χ0v) is 13.8. The molecule has 0 unspecified atom stereocenters. The number of para-hydroxylation sites is 2. The van der Waals surface area contributed by atoms with Crippen molar-refractivity contribution < 1.29 is 0 Å². The minimum Gasteiger partial charge on any atom is -0.337 e. The van der Waals surface area contributed by atoms with Crippen molar-refractivity contribution in [3.8, 4) is 0 Å². The van der Waals surface area contributed by atoms with Crippen LogP contribution in [0.4, 0.5) is 5.95 Å². The van der Waals surface area contributed by atoms with Gasteiger partial charge in [-0.2, -0.15) is 0 Å². The third kappa shape index (κ3) is 2.36. The highest BCUT2D eigenvalue weighted by molar-refractivity contribution is 5.76. The summed E-state index contributed by atoms with van der Waals surface area (Å²) < 4.78 is 2.41. The summed E-state index contributed by atoms with van der Waals surface area (Å²) in [5.74, 6) is 2.41. The lowest BCUT2D eigenvalue weighted by Gasteiger charge is -2.41. The second kappa shape index (κ2) is 5.33. The van der Waals surface area contributed by atoms with Gasteiger partial charge in [0.25, 0.3) is 0 Å². The van der Waals surface area contributed by atoms with Crippen molar-refractivity contribution in [3.05, 3.63) is 48.0 Å². The molecule has 4 rings (SSSR count). The molecule has 5 heteroatoms. The lowest BCUT2D eigenvalue weighted by Crippen LogP contribution is -2.49. The monoisotopic (exact) mass is 307 g/mol. The number of hydrogen-bond donors (Lipinski definition) is 0. The van der Waals surface area contributed by atoms with Crippen molar-refractivity contribution in [3.63, 3.8) is 0 Å². The third-order valence-corrected chi connectivity index (χ3v) is 4.43. The summed E-state index contributed by atoms with van der Waals surface area (Å²) in [6.07, 6.45) is 1.83. The van der Waals surface area contributed by atoms with Crippen LogP contribution in [0.25, 0.3) is 11.0 Å². The molecule has 5 nitrogen and oxygen atoms in total. The molecule has 1 aliphatic heterocycles. The Morgan fingerprint density at radius 2 is 1.87 bits per heavy atom. The largest absolute Gasteiger partial charge is 0.337 e. The van der Waals surface area contributed by atoms with Crippen LogP contribution >= 0.6 is 0 Å². The van der Waals surface area contributed by atoms with Crippen molar-refractivity contribution in [2.75, 3.05) is 18.0 Å². The van der Waals surface area contributed by atoms with E-state index in [0.717, 1.165) is 30.2 Å². The Kier molecular flexibility index (Phi) is 3.29. The van der Waals surface area contributed by atoms with Crippen LogP contribution < -0.4 is 4.90 Å². The SMILES string of the molecule is Cc1ccnc(N2CC(n3c(C(C)C)nc4ccccc43)C2)n1. The maximum atomic E-state index is 4.84. The smallest absolute Gasteiger partial charge is 0.225 e. The van der Waals surface area contributed by atoms with Crippen molar-refractivity contribution in [1.82, 2.24) is 19.5 Å². The quantitative estimate of drug-likeness (QED) is 0.745. The fraction of sp³-hybridized carbons (Fsp3) is 0.389. The maximum absolute atomic E-state index is 4.84. The predicted molar refractivity (Wildman–Crippen MR) is 91.8 cm³/mol. The molecule has 23 heavy (non-hydrogen) atoms. The van der Waals surface area contributed by atoms with E-state index in [-0.39, 0.29) is 0 Å². The molecule has 0 atom stereocenters. The Hall–Kier alpha value is -2.43. The first-order valence-electron chi connectivity index (χ1n) is 8.15. The summed E-state index contributed by atoms with van der Waals surface area (Å²) >= 11 is 0. The maximum Gasteiger partial charge on any atom is 0.225 e. The average molecular weight is 307 g/mol.